The van der Waals surface area contributed by atoms with Crippen LogP contribution in [0.5, 0.6) is 5.75 Å². The van der Waals surface area contributed by atoms with Crippen molar-refractivity contribution < 1.29 is 9.53 Å². The van der Waals surface area contributed by atoms with Crippen LogP contribution in [0.3, 0.4) is 0 Å². The maximum absolute atomic E-state index is 12.4. The van der Waals surface area contributed by atoms with Crippen molar-refractivity contribution in [2.75, 3.05) is 7.11 Å². The highest BCUT2D eigenvalue weighted by Crippen LogP contribution is 2.22. The van der Waals surface area contributed by atoms with Crippen LogP contribution in [-0.4, -0.2) is 23.2 Å². The van der Waals surface area contributed by atoms with Crippen LogP contribution in [0, 0.1) is 0 Å². The van der Waals surface area contributed by atoms with E-state index in [-0.39, 0.29) is 18.0 Å². The summed E-state index contributed by atoms with van der Waals surface area (Å²) in [5.41, 5.74) is 2.27. The van der Waals surface area contributed by atoms with Crippen molar-refractivity contribution in [1.82, 2.24) is 15.5 Å². The number of amides is 1. The van der Waals surface area contributed by atoms with Gasteiger partial charge in [-0.3, -0.25) is 9.59 Å². The fraction of sp³-hybridized carbons (Fsp3) is 0.353. The van der Waals surface area contributed by atoms with Crippen LogP contribution in [0.25, 0.3) is 0 Å². The second-order valence-corrected chi connectivity index (χ2v) is 5.63. The molecule has 1 amide bonds. The Hall–Kier alpha value is -2.34. The van der Waals surface area contributed by atoms with E-state index in [2.05, 4.69) is 15.5 Å². The first-order valence-corrected chi connectivity index (χ1v) is 8.10. The summed E-state index contributed by atoms with van der Waals surface area (Å²) in [6, 6.07) is 4.81. The van der Waals surface area contributed by atoms with E-state index in [0.717, 1.165) is 11.3 Å². The molecule has 0 aliphatic heterocycles. The van der Waals surface area contributed by atoms with Crippen molar-refractivity contribution in [1.29, 1.82) is 0 Å². The fourth-order valence-electron chi connectivity index (χ4n) is 2.58. The molecule has 1 heterocycles. The Morgan fingerprint density at radius 3 is 2.67 bits per heavy atom. The molecule has 128 valence electrons. The van der Waals surface area contributed by atoms with Crippen LogP contribution in [0.1, 0.15) is 41.0 Å². The Morgan fingerprint density at radius 1 is 1.29 bits per heavy atom. The molecule has 0 spiro atoms. The molecular weight excluding hydrogens is 330 g/mol. The lowest BCUT2D eigenvalue weighted by molar-refractivity contribution is 0.0947. The van der Waals surface area contributed by atoms with Crippen LogP contribution in [0.15, 0.2) is 23.0 Å². The molecule has 0 aliphatic rings. The lowest BCUT2D eigenvalue weighted by Crippen LogP contribution is -2.29. The molecule has 0 atom stereocenters. The molecule has 0 radical (unpaired) electrons. The van der Waals surface area contributed by atoms with Gasteiger partial charge in [-0.1, -0.05) is 25.4 Å². The van der Waals surface area contributed by atoms with Crippen molar-refractivity contribution in [2.45, 2.75) is 33.2 Å². The minimum absolute atomic E-state index is 0.114. The molecule has 0 aliphatic carbocycles. The zero-order valence-corrected chi connectivity index (χ0v) is 14.7. The molecular formula is C17H20ClN3O3. The van der Waals surface area contributed by atoms with Gasteiger partial charge < -0.3 is 10.1 Å². The number of halogens is 1. The van der Waals surface area contributed by atoms with E-state index in [1.54, 1.807) is 12.1 Å². The minimum Gasteiger partial charge on any atom is -0.496 e. The minimum atomic E-state index is -0.356. The average molecular weight is 350 g/mol. The van der Waals surface area contributed by atoms with E-state index >= 15 is 0 Å². The van der Waals surface area contributed by atoms with E-state index in [1.165, 1.54) is 13.2 Å². The van der Waals surface area contributed by atoms with E-state index in [1.807, 2.05) is 13.8 Å². The van der Waals surface area contributed by atoms with Gasteiger partial charge in [-0.2, -0.15) is 5.10 Å². The number of hydrogen-bond donors (Lipinski definition) is 2. The Labute approximate surface area is 145 Å². The Morgan fingerprint density at radius 2 is 2.04 bits per heavy atom. The van der Waals surface area contributed by atoms with Crippen LogP contribution in [0.4, 0.5) is 0 Å². The molecule has 0 bridgehead atoms. The van der Waals surface area contributed by atoms with Gasteiger partial charge in [-0.15, -0.1) is 0 Å². The van der Waals surface area contributed by atoms with Crippen molar-refractivity contribution in [3.8, 4) is 5.75 Å². The smallest absolute Gasteiger partial charge is 0.269 e. The lowest BCUT2D eigenvalue weighted by Gasteiger charge is -2.13. The molecule has 0 saturated carbocycles. The number of H-pyrrole nitrogens is 1. The molecule has 0 saturated heterocycles. The summed E-state index contributed by atoms with van der Waals surface area (Å²) in [6.07, 6.45) is 1.38. The molecule has 0 unspecified atom stereocenters. The topological polar surface area (TPSA) is 84.1 Å². The van der Waals surface area contributed by atoms with Gasteiger partial charge in [0.25, 0.3) is 11.5 Å². The molecule has 2 aromatic rings. The average Bonchev–Trinajstić information content (AvgIpc) is 2.59. The second-order valence-electron chi connectivity index (χ2n) is 5.19. The standard InChI is InChI=1S/C17H20ClN3O3/c1-4-11-13(17(23)21-20-14(11)5-2)9-19-16(22)12-8-10(18)6-7-15(12)24-3/h6-8H,4-5,9H2,1-3H3,(H,19,22)(H,21,23). The first kappa shape index (κ1) is 18.0. The van der Waals surface area contributed by atoms with E-state index in [4.69, 9.17) is 16.3 Å². The monoisotopic (exact) mass is 349 g/mol. The fourth-order valence-corrected chi connectivity index (χ4v) is 2.75. The van der Waals surface area contributed by atoms with Gasteiger partial charge in [-0.25, -0.2) is 5.10 Å². The number of benzene rings is 1. The number of nitrogens with zero attached hydrogens (tertiary/aromatic N) is 1. The maximum atomic E-state index is 12.4. The summed E-state index contributed by atoms with van der Waals surface area (Å²) >= 11 is 5.95. The number of nitrogens with one attached hydrogen (secondary N) is 2. The van der Waals surface area contributed by atoms with E-state index in [9.17, 15) is 9.59 Å². The van der Waals surface area contributed by atoms with Gasteiger partial charge in [-0.05, 0) is 36.6 Å². The van der Waals surface area contributed by atoms with E-state index in [0.29, 0.717) is 34.7 Å². The van der Waals surface area contributed by atoms with Crippen molar-refractivity contribution in [2.24, 2.45) is 0 Å². The zero-order valence-electron chi connectivity index (χ0n) is 13.9. The van der Waals surface area contributed by atoms with Crippen molar-refractivity contribution in [3.63, 3.8) is 0 Å². The normalized spacial score (nSPS) is 10.5. The molecule has 0 fully saturated rings. The lowest BCUT2D eigenvalue weighted by atomic mass is 10.0. The van der Waals surface area contributed by atoms with Gasteiger partial charge in [0.2, 0.25) is 0 Å². The summed E-state index contributed by atoms with van der Waals surface area (Å²) < 4.78 is 5.18. The molecule has 7 heteroatoms. The zero-order chi connectivity index (χ0) is 17.7. The van der Waals surface area contributed by atoms with Gasteiger partial charge in [0.15, 0.2) is 0 Å². The number of carbonyl (C=O) groups is 1. The Balaban J connectivity index is 2.27. The molecule has 6 nitrogen and oxygen atoms in total. The van der Waals surface area contributed by atoms with Crippen LogP contribution in [-0.2, 0) is 19.4 Å². The summed E-state index contributed by atoms with van der Waals surface area (Å²) in [5.74, 6) is 0.0659. The van der Waals surface area contributed by atoms with Crippen LogP contribution >= 0.6 is 11.6 Å². The highest BCUT2D eigenvalue weighted by atomic mass is 35.5. The largest absolute Gasteiger partial charge is 0.496 e. The highest BCUT2D eigenvalue weighted by molar-refractivity contribution is 6.31. The first-order valence-electron chi connectivity index (χ1n) is 7.72. The number of aryl methyl sites for hydroxylation is 1. The Kier molecular flexibility index (Phi) is 5.98. The van der Waals surface area contributed by atoms with Crippen LogP contribution < -0.4 is 15.6 Å². The molecule has 24 heavy (non-hydrogen) atoms. The maximum Gasteiger partial charge on any atom is 0.269 e. The number of rotatable bonds is 6. The molecule has 2 rings (SSSR count). The predicted octanol–water partition coefficient (Wildman–Crippen LogP) is 2.49. The number of methoxy groups -OCH3 is 1. The second kappa shape index (κ2) is 7.97. The highest BCUT2D eigenvalue weighted by Gasteiger charge is 2.16. The summed E-state index contributed by atoms with van der Waals surface area (Å²) in [4.78, 5) is 24.5. The number of ether oxygens (including phenoxy) is 1. The molecule has 1 aromatic heterocycles. The number of aromatic amines is 1. The molecule has 2 N–H and O–H groups in total. The summed E-state index contributed by atoms with van der Waals surface area (Å²) in [7, 11) is 1.48. The third-order valence-electron chi connectivity index (χ3n) is 3.80. The quantitative estimate of drug-likeness (QED) is 0.839. The SMILES string of the molecule is CCc1n[nH]c(=O)c(CNC(=O)c2cc(Cl)ccc2OC)c1CC. The molecule has 1 aromatic carbocycles. The third kappa shape index (κ3) is 3.76. The van der Waals surface area contributed by atoms with E-state index < -0.39 is 0 Å². The summed E-state index contributed by atoms with van der Waals surface area (Å²) in [5, 5.41) is 9.75. The Bertz CT molecular complexity index is 802. The third-order valence-corrected chi connectivity index (χ3v) is 4.03. The summed E-state index contributed by atoms with van der Waals surface area (Å²) in [6.45, 7) is 4.04. The predicted molar refractivity (Wildman–Crippen MR) is 92.8 cm³/mol. The number of aromatic nitrogens is 2. The van der Waals surface area contributed by atoms with Gasteiger partial charge >= 0.3 is 0 Å². The van der Waals surface area contributed by atoms with Gasteiger partial charge in [0.05, 0.1) is 18.4 Å². The number of hydrogen-bond acceptors (Lipinski definition) is 4. The van der Waals surface area contributed by atoms with Crippen LogP contribution in [0.2, 0.25) is 5.02 Å². The van der Waals surface area contributed by atoms with Gasteiger partial charge in [0.1, 0.15) is 5.75 Å². The van der Waals surface area contributed by atoms with Gasteiger partial charge in [0, 0.05) is 17.1 Å². The number of carbonyl (C=O) groups excluding carboxylic acids is 1. The van der Waals surface area contributed by atoms with Crippen molar-refractivity contribution in [3.05, 3.63) is 56.0 Å². The van der Waals surface area contributed by atoms with Crippen molar-refractivity contribution >= 4 is 17.5 Å². The first-order chi connectivity index (χ1) is 11.5.